The largest absolute Gasteiger partial charge is 0.456 e. The number of carbonyl (C=O) groups is 3. The molecular weight excluding hydrogens is 450 g/mol. The lowest BCUT2D eigenvalue weighted by Crippen LogP contribution is -2.43. The molecule has 0 aromatic heterocycles. The molecule has 7 nitrogen and oxygen atoms in total. The number of hydrogen-bond donors (Lipinski definition) is 0. The minimum Gasteiger partial charge on any atom is -0.456 e. The zero-order valence-corrected chi connectivity index (χ0v) is 19.4. The standard InChI is InChI=1S/C23H25NO6S2/c1-31-20-9-7-17(8-10-20)21(25)11-12-23(27)30-15-22(26)24(18-5-3-2-4-6-18)19-13-14-32(28,29)16-19/h2-10,19H,11-16H2,1H3. The van der Waals surface area contributed by atoms with Gasteiger partial charge in [-0.15, -0.1) is 11.8 Å². The Bertz CT molecular complexity index is 1070. The third kappa shape index (κ3) is 6.43. The number of thioether (sulfide) groups is 1. The van der Waals surface area contributed by atoms with Gasteiger partial charge in [-0.25, -0.2) is 8.42 Å². The lowest BCUT2D eigenvalue weighted by molar-refractivity contribution is -0.147. The van der Waals surface area contributed by atoms with Crippen molar-refractivity contribution in [3.8, 4) is 0 Å². The summed E-state index contributed by atoms with van der Waals surface area (Å²) in [5.41, 5.74) is 1.07. The predicted octanol–water partition coefficient (Wildman–Crippen LogP) is 3.13. The molecule has 3 rings (SSSR count). The molecule has 1 saturated heterocycles. The van der Waals surface area contributed by atoms with Gasteiger partial charge in [0.05, 0.1) is 24.0 Å². The predicted molar refractivity (Wildman–Crippen MR) is 124 cm³/mol. The molecule has 1 fully saturated rings. The fourth-order valence-corrected chi connectivity index (χ4v) is 5.65. The smallest absolute Gasteiger partial charge is 0.306 e. The molecule has 1 aliphatic heterocycles. The molecule has 0 saturated carbocycles. The van der Waals surface area contributed by atoms with Gasteiger partial charge in [0.2, 0.25) is 0 Å². The van der Waals surface area contributed by atoms with Crippen molar-refractivity contribution in [2.75, 3.05) is 29.3 Å². The van der Waals surface area contributed by atoms with Gasteiger partial charge in [0.15, 0.2) is 22.2 Å². The van der Waals surface area contributed by atoms with Crippen molar-refractivity contribution in [2.24, 2.45) is 0 Å². The van der Waals surface area contributed by atoms with Crippen LogP contribution in [0.15, 0.2) is 59.5 Å². The molecule has 0 bridgehead atoms. The minimum absolute atomic E-state index is 0.0189. The Kier molecular flexibility index (Phi) is 8.09. The molecule has 170 valence electrons. The first-order valence-corrected chi connectivity index (χ1v) is 13.2. The van der Waals surface area contributed by atoms with E-state index in [1.54, 1.807) is 54.2 Å². The molecule has 0 radical (unpaired) electrons. The van der Waals surface area contributed by atoms with Gasteiger partial charge in [0.1, 0.15) is 0 Å². The Morgan fingerprint density at radius 2 is 1.72 bits per heavy atom. The van der Waals surface area contributed by atoms with Crippen molar-refractivity contribution in [3.05, 3.63) is 60.2 Å². The number of anilines is 1. The summed E-state index contributed by atoms with van der Waals surface area (Å²) in [6.45, 7) is -0.513. The number of hydrogen-bond acceptors (Lipinski definition) is 7. The van der Waals surface area contributed by atoms with Gasteiger partial charge in [-0.05, 0) is 36.9 Å². The van der Waals surface area contributed by atoms with Crippen molar-refractivity contribution >= 4 is 44.9 Å². The quantitative estimate of drug-likeness (QED) is 0.312. The van der Waals surface area contributed by atoms with Crippen LogP contribution >= 0.6 is 11.8 Å². The topological polar surface area (TPSA) is 97.8 Å². The second-order valence-corrected chi connectivity index (χ2v) is 10.6. The molecule has 1 amide bonds. The highest BCUT2D eigenvalue weighted by Gasteiger charge is 2.35. The summed E-state index contributed by atoms with van der Waals surface area (Å²) in [5.74, 6) is -1.42. The first-order valence-electron chi connectivity index (χ1n) is 10.2. The molecule has 1 unspecified atom stereocenters. The lowest BCUT2D eigenvalue weighted by Gasteiger charge is -2.28. The molecule has 1 atom stereocenters. The van der Waals surface area contributed by atoms with Crippen LogP contribution in [0.4, 0.5) is 5.69 Å². The Morgan fingerprint density at radius 3 is 2.31 bits per heavy atom. The van der Waals surface area contributed by atoms with E-state index in [-0.39, 0.29) is 30.1 Å². The molecule has 0 N–H and O–H groups in total. The Labute approximate surface area is 192 Å². The van der Waals surface area contributed by atoms with Gasteiger partial charge in [-0.1, -0.05) is 30.3 Å². The van der Waals surface area contributed by atoms with Crippen LogP contribution in [0, 0.1) is 0 Å². The molecule has 2 aromatic rings. The van der Waals surface area contributed by atoms with Crippen LogP contribution in [-0.2, 0) is 24.2 Å². The number of amides is 1. The number of nitrogens with zero attached hydrogens (tertiary/aromatic N) is 1. The van der Waals surface area contributed by atoms with E-state index in [1.807, 2.05) is 18.4 Å². The molecule has 0 aliphatic carbocycles. The Hall–Kier alpha value is -2.65. The maximum Gasteiger partial charge on any atom is 0.306 e. The third-order valence-electron chi connectivity index (χ3n) is 5.20. The number of ether oxygens (including phenoxy) is 1. The van der Waals surface area contributed by atoms with Crippen LogP contribution in [-0.4, -0.2) is 56.5 Å². The van der Waals surface area contributed by atoms with E-state index in [9.17, 15) is 22.8 Å². The second-order valence-electron chi connectivity index (χ2n) is 7.47. The first-order chi connectivity index (χ1) is 15.3. The van der Waals surface area contributed by atoms with E-state index in [0.717, 1.165) is 4.90 Å². The summed E-state index contributed by atoms with van der Waals surface area (Å²) in [5, 5.41) is 0. The van der Waals surface area contributed by atoms with Gasteiger partial charge in [0, 0.05) is 22.6 Å². The summed E-state index contributed by atoms with van der Waals surface area (Å²) in [6.07, 6.45) is 2.12. The minimum atomic E-state index is -3.20. The SMILES string of the molecule is CSc1ccc(C(=O)CCC(=O)OCC(=O)N(c2ccccc2)C2CCS(=O)(=O)C2)cc1. The summed E-state index contributed by atoms with van der Waals surface area (Å²) in [6, 6.07) is 15.4. The number of para-hydroxylation sites is 1. The molecule has 1 heterocycles. The molecule has 2 aromatic carbocycles. The van der Waals surface area contributed by atoms with Gasteiger partial charge >= 0.3 is 5.97 Å². The third-order valence-corrected chi connectivity index (χ3v) is 7.70. The second kappa shape index (κ2) is 10.8. The van der Waals surface area contributed by atoms with E-state index in [4.69, 9.17) is 4.74 Å². The van der Waals surface area contributed by atoms with Gasteiger partial charge in [-0.3, -0.25) is 14.4 Å². The maximum atomic E-state index is 12.9. The van der Waals surface area contributed by atoms with Crippen LogP contribution < -0.4 is 4.90 Å². The molecular formula is C23H25NO6S2. The highest BCUT2D eigenvalue weighted by Crippen LogP contribution is 2.24. The summed E-state index contributed by atoms with van der Waals surface area (Å²) in [7, 11) is -3.20. The van der Waals surface area contributed by atoms with Crippen molar-refractivity contribution in [2.45, 2.75) is 30.2 Å². The highest BCUT2D eigenvalue weighted by atomic mass is 32.2. The summed E-state index contributed by atoms with van der Waals surface area (Å²) in [4.78, 5) is 39.7. The van der Waals surface area contributed by atoms with Crippen molar-refractivity contribution < 1.29 is 27.5 Å². The van der Waals surface area contributed by atoms with E-state index in [1.165, 1.54) is 4.90 Å². The fourth-order valence-electron chi connectivity index (χ4n) is 3.55. The van der Waals surface area contributed by atoms with E-state index in [0.29, 0.717) is 17.7 Å². The molecule has 32 heavy (non-hydrogen) atoms. The van der Waals surface area contributed by atoms with Crippen LogP contribution in [0.5, 0.6) is 0 Å². The van der Waals surface area contributed by atoms with Crippen LogP contribution in [0.25, 0.3) is 0 Å². The zero-order chi connectivity index (χ0) is 23.1. The van der Waals surface area contributed by atoms with Crippen molar-refractivity contribution in [1.29, 1.82) is 0 Å². The summed E-state index contributed by atoms with van der Waals surface area (Å²) >= 11 is 1.57. The average molecular weight is 476 g/mol. The lowest BCUT2D eigenvalue weighted by atomic mass is 10.1. The number of esters is 1. The van der Waals surface area contributed by atoms with Crippen molar-refractivity contribution in [1.82, 2.24) is 0 Å². The molecule has 1 aliphatic rings. The summed E-state index contributed by atoms with van der Waals surface area (Å²) < 4.78 is 28.9. The van der Waals surface area contributed by atoms with Gasteiger partial charge in [-0.2, -0.15) is 0 Å². The van der Waals surface area contributed by atoms with Crippen LogP contribution in [0.3, 0.4) is 0 Å². The number of Topliss-reactive ketones (excluding diaryl/α,β-unsaturated/α-hetero) is 1. The van der Waals surface area contributed by atoms with Crippen LogP contribution in [0.1, 0.15) is 29.6 Å². The van der Waals surface area contributed by atoms with Crippen molar-refractivity contribution in [3.63, 3.8) is 0 Å². The highest BCUT2D eigenvalue weighted by molar-refractivity contribution is 7.98. The number of rotatable bonds is 9. The van der Waals surface area contributed by atoms with Crippen LogP contribution in [0.2, 0.25) is 0 Å². The number of sulfone groups is 1. The van der Waals surface area contributed by atoms with E-state index < -0.39 is 34.4 Å². The van der Waals surface area contributed by atoms with Gasteiger partial charge < -0.3 is 9.64 Å². The van der Waals surface area contributed by atoms with E-state index in [2.05, 4.69) is 0 Å². The fraction of sp³-hybridized carbons (Fsp3) is 0.348. The zero-order valence-electron chi connectivity index (χ0n) is 17.7. The molecule has 9 heteroatoms. The van der Waals surface area contributed by atoms with E-state index >= 15 is 0 Å². The number of carbonyl (C=O) groups excluding carboxylic acids is 3. The normalized spacial score (nSPS) is 17.0. The Morgan fingerprint density at radius 1 is 1.03 bits per heavy atom. The monoisotopic (exact) mass is 475 g/mol. The maximum absolute atomic E-state index is 12.9. The number of benzene rings is 2. The first kappa shape index (κ1) is 24.0. The van der Waals surface area contributed by atoms with Gasteiger partial charge in [0.25, 0.3) is 5.91 Å². The average Bonchev–Trinajstić information content (AvgIpc) is 3.16. The Balaban J connectivity index is 1.55. The molecule has 0 spiro atoms. The number of ketones is 1.